The van der Waals surface area contributed by atoms with Crippen LogP contribution < -0.4 is 4.74 Å². The van der Waals surface area contributed by atoms with Gasteiger partial charge in [0.25, 0.3) is 0 Å². The molecule has 0 aliphatic carbocycles. The number of rotatable bonds is 4. The van der Waals surface area contributed by atoms with Crippen LogP contribution >= 0.6 is 11.6 Å². The molecule has 0 saturated carbocycles. The van der Waals surface area contributed by atoms with Crippen molar-refractivity contribution in [2.24, 2.45) is 0 Å². The second-order valence-electron chi connectivity index (χ2n) is 4.16. The fourth-order valence-electron chi connectivity index (χ4n) is 1.65. The molecule has 0 N–H and O–H groups in total. The molecule has 2 aromatic rings. The van der Waals surface area contributed by atoms with Gasteiger partial charge in [-0.25, -0.2) is 8.42 Å². The quantitative estimate of drug-likeness (QED) is 0.863. The predicted molar refractivity (Wildman–Crippen MR) is 79.2 cm³/mol. The van der Waals surface area contributed by atoms with Gasteiger partial charge in [-0.1, -0.05) is 18.5 Å². The highest BCUT2D eigenvalue weighted by atomic mass is 35.5. The summed E-state index contributed by atoms with van der Waals surface area (Å²) in [6.07, 6.45) is 0. The first-order valence-corrected chi connectivity index (χ1v) is 8.10. The second kappa shape index (κ2) is 6.17. The van der Waals surface area contributed by atoms with Crippen LogP contribution in [0.1, 0.15) is 12.5 Å². The lowest BCUT2D eigenvalue weighted by molar-refractivity contribution is 0.480. The van der Waals surface area contributed by atoms with E-state index in [0.717, 1.165) is 0 Å². The van der Waals surface area contributed by atoms with Gasteiger partial charge in [0.15, 0.2) is 9.84 Å². The molecule has 0 heterocycles. The van der Waals surface area contributed by atoms with Crippen LogP contribution in [-0.2, 0) is 9.84 Å². The zero-order chi connectivity index (χ0) is 15.5. The minimum atomic E-state index is -3.36. The number of nitriles is 1. The van der Waals surface area contributed by atoms with Gasteiger partial charge in [-0.05, 0) is 42.5 Å². The van der Waals surface area contributed by atoms with Gasteiger partial charge in [-0.3, -0.25) is 0 Å². The molecule has 0 atom stereocenters. The smallest absolute Gasteiger partial charge is 0.178 e. The van der Waals surface area contributed by atoms with Crippen molar-refractivity contribution in [3.8, 4) is 17.6 Å². The molecule has 0 aromatic heterocycles. The van der Waals surface area contributed by atoms with E-state index in [1.165, 1.54) is 18.2 Å². The number of benzene rings is 2. The molecule has 0 aliphatic heterocycles. The molecule has 0 aliphatic rings. The standard InChI is InChI=1S/C15H11ClNO3S/c1-2-21(18,19)14-6-7-15(11(8-14)10-17)20-13-5-3-4-12(16)9-13/h4-9H,2H2,1H3. The highest BCUT2D eigenvalue weighted by molar-refractivity contribution is 7.91. The number of ether oxygens (including phenoxy) is 1. The summed E-state index contributed by atoms with van der Waals surface area (Å²) in [5.41, 5.74) is 0.143. The third-order valence-corrected chi connectivity index (χ3v) is 4.72. The number of nitrogens with zero attached hydrogens (tertiary/aromatic N) is 1. The first-order valence-electron chi connectivity index (χ1n) is 6.07. The Morgan fingerprint density at radius 3 is 2.71 bits per heavy atom. The zero-order valence-corrected chi connectivity index (χ0v) is 12.7. The Kier molecular flexibility index (Phi) is 4.51. The molecule has 0 amide bonds. The lowest BCUT2D eigenvalue weighted by Crippen LogP contribution is -2.04. The third kappa shape index (κ3) is 3.54. The molecule has 0 fully saturated rings. The summed E-state index contributed by atoms with van der Waals surface area (Å²) in [7, 11) is -3.36. The molecule has 21 heavy (non-hydrogen) atoms. The van der Waals surface area contributed by atoms with Gasteiger partial charge in [0.1, 0.15) is 17.6 Å². The van der Waals surface area contributed by atoms with Crippen molar-refractivity contribution < 1.29 is 13.2 Å². The monoisotopic (exact) mass is 320 g/mol. The zero-order valence-electron chi connectivity index (χ0n) is 11.1. The molecule has 0 saturated heterocycles. The van der Waals surface area contributed by atoms with E-state index in [2.05, 4.69) is 6.07 Å². The predicted octanol–water partition coefficient (Wildman–Crippen LogP) is 3.60. The molecule has 2 rings (SSSR count). The van der Waals surface area contributed by atoms with Crippen molar-refractivity contribution in [1.29, 1.82) is 5.26 Å². The summed E-state index contributed by atoms with van der Waals surface area (Å²) in [5, 5.41) is 9.61. The summed E-state index contributed by atoms with van der Waals surface area (Å²) >= 11 is 5.83. The van der Waals surface area contributed by atoms with Crippen molar-refractivity contribution >= 4 is 21.4 Å². The molecule has 2 aromatic carbocycles. The molecule has 6 heteroatoms. The normalized spacial score (nSPS) is 10.9. The van der Waals surface area contributed by atoms with Crippen LogP contribution in [0.4, 0.5) is 0 Å². The van der Waals surface area contributed by atoms with Gasteiger partial charge in [0, 0.05) is 5.02 Å². The van der Waals surface area contributed by atoms with E-state index >= 15 is 0 Å². The molecule has 107 valence electrons. The molecule has 4 nitrogen and oxygen atoms in total. The molecular weight excluding hydrogens is 310 g/mol. The van der Waals surface area contributed by atoms with Crippen molar-refractivity contribution in [2.45, 2.75) is 11.8 Å². The van der Waals surface area contributed by atoms with Crippen LogP contribution in [0.2, 0.25) is 5.02 Å². The first-order chi connectivity index (χ1) is 9.96. The largest absolute Gasteiger partial charge is 0.456 e. The fraction of sp³-hybridized carbons (Fsp3) is 0.133. The Morgan fingerprint density at radius 1 is 1.33 bits per heavy atom. The Morgan fingerprint density at radius 2 is 2.10 bits per heavy atom. The van der Waals surface area contributed by atoms with E-state index in [1.807, 2.05) is 6.07 Å². The fourth-order valence-corrected chi connectivity index (χ4v) is 2.73. The van der Waals surface area contributed by atoms with Crippen LogP contribution in [-0.4, -0.2) is 14.2 Å². The Labute approximate surface area is 128 Å². The minimum absolute atomic E-state index is 0.0265. The van der Waals surface area contributed by atoms with Crippen molar-refractivity contribution in [2.75, 3.05) is 5.75 Å². The molecule has 0 spiro atoms. The summed E-state index contributed by atoms with van der Waals surface area (Å²) < 4.78 is 29.2. The van der Waals surface area contributed by atoms with E-state index in [1.54, 1.807) is 25.1 Å². The topological polar surface area (TPSA) is 67.2 Å². The van der Waals surface area contributed by atoms with Crippen molar-refractivity contribution in [3.05, 3.63) is 53.1 Å². The molecule has 0 bridgehead atoms. The van der Waals surface area contributed by atoms with Gasteiger partial charge in [0.2, 0.25) is 0 Å². The number of hydrogen-bond donors (Lipinski definition) is 0. The molecule has 1 radical (unpaired) electrons. The van der Waals surface area contributed by atoms with Crippen LogP contribution in [0.5, 0.6) is 11.5 Å². The van der Waals surface area contributed by atoms with Crippen molar-refractivity contribution in [1.82, 2.24) is 0 Å². The average molecular weight is 321 g/mol. The maximum absolute atomic E-state index is 11.8. The summed E-state index contributed by atoms with van der Waals surface area (Å²) in [6.45, 7) is 1.55. The van der Waals surface area contributed by atoms with Crippen LogP contribution in [0.25, 0.3) is 0 Å². The number of sulfone groups is 1. The second-order valence-corrected chi connectivity index (χ2v) is 6.88. The van der Waals surface area contributed by atoms with Crippen molar-refractivity contribution in [3.63, 3.8) is 0 Å². The maximum Gasteiger partial charge on any atom is 0.178 e. The van der Waals surface area contributed by atoms with Gasteiger partial charge in [0.05, 0.1) is 16.2 Å². The summed E-state index contributed by atoms with van der Waals surface area (Å²) in [4.78, 5) is 0.103. The SMILES string of the molecule is CCS(=O)(=O)c1ccc(Oc2c[c]cc(Cl)c2)c(C#N)c1. The third-order valence-electron chi connectivity index (χ3n) is 2.77. The number of halogens is 1. The van der Waals surface area contributed by atoms with E-state index in [4.69, 9.17) is 21.6 Å². The lowest BCUT2D eigenvalue weighted by Gasteiger charge is -2.09. The molecule has 0 unspecified atom stereocenters. The summed E-state index contributed by atoms with van der Waals surface area (Å²) in [5.74, 6) is 0.662. The Balaban J connectivity index is 2.40. The highest BCUT2D eigenvalue weighted by Gasteiger charge is 2.15. The molecular formula is C15H11ClNO3S. The van der Waals surface area contributed by atoms with Gasteiger partial charge in [-0.2, -0.15) is 5.26 Å². The lowest BCUT2D eigenvalue weighted by atomic mass is 10.2. The Hall–Kier alpha value is -2.03. The number of hydrogen-bond acceptors (Lipinski definition) is 4. The van der Waals surface area contributed by atoms with Crippen LogP contribution in [0.15, 0.2) is 41.3 Å². The first kappa shape index (κ1) is 15.4. The van der Waals surface area contributed by atoms with Crippen LogP contribution in [0.3, 0.4) is 0 Å². The van der Waals surface area contributed by atoms with E-state index < -0.39 is 9.84 Å². The minimum Gasteiger partial charge on any atom is -0.456 e. The van der Waals surface area contributed by atoms with E-state index in [-0.39, 0.29) is 22.0 Å². The Bertz CT molecular complexity index is 810. The van der Waals surface area contributed by atoms with Gasteiger partial charge in [-0.15, -0.1) is 0 Å². The average Bonchev–Trinajstić information content (AvgIpc) is 2.47. The highest BCUT2D eigenvalue weighted by Crippen LogP contribution is 2.28. The van der Waals surface area contributed by atoms with Crippen LogP contribution in [0, 0.1) is 17.4 Å². The summed E-state index contributed by atoms with van der Waals surface area (Å²) in [6, 6.07) is 13.7. The maximum atomic E-state index is 11.8. The van der Waals surface area contributed by atoms with E-state index in [0.29, 0.717) is 10.8 Å². The van der Waals surface area contributed by atoms with Gasteiger partial charge >= 0.3 is 0 Å². The van der Waals surface area contributed by atoms with E-state index in [9.17, 15) is 8.42 Å². The van der Waals surface area contributed by atoms with Gasteiger partial charge < -0.3 is 4.74 Å².